The quantitative estimate of drug-likeness (QED) is 0.532. The number of aliphatic hydroxyl groups is 1. The van der Waals surface area contributed by atoms with Crippen LogP contribution in [0.15, 0.2) is 67.1 Å². The van der Waals surface area contributed by atoms with Crippen molar-refractivity contribution < 1.29 is 19.4 Å². The second-order valence-electron chi connectivity index (χ2n) is 9.42. The monoisotopic (exact) mass is 500 g/mol. The molecular formula is C29H32N4O4. The lowest BCUT2D eigenvalue weighted by Crippen LogP contribution is -2.50. The molecule has 0 spiro atoms. The first-order valence-electron chi connectivity index (χ1n) is 12.3. The molecule has 192 valence electrons. The minimum atomic E-state index is -0.427. The number of pyridine rings is 2. The number of carbonyl (C=O) groups is 2. The Kier molecular flexibility index (Phi) is 8.30. The zero-order valence-electron chi connectivity index (χ0n) is 21.3. The van der Waals surface area contributed by atoms with Crippen molar-refractivity contribution in [1.29, 1.82) is 0 Å². The van der Waals surface area contributed by atoms with Crippen molar-refractivity contribution in [1.82, 2.24) is 19.8 Å². The van der Waals surface area contributed by atoms with E-state index in [2.05, 4.69) is 9.97 Å². The lowest BCUT2D eigenvalue weighted by atomic mass is 9.99. The first-order valence-corrected chi connectivity index (χ1v) is 12.3. The van der Waals surface area contributed by atoms with Crippen molar-refractivity contribution in [2.24, 2.45) is 5.92 Å². The summed E-state index contributed by atoms with van der Waals surface area (Å²) in [6.07, 6.45) is 8.25. The molecule has 0 saturated heterocycles. The molecule has 0 aliphatic carbocycles. The number of benzene rings is 1. The number of rotatable bonds is 7. The maximum absolute atomic E-state index is 13.6. The van der Waals surface area contributed by atoms with Gasteiger partial charge in [-0.15, -0.1) is 0 Å². The highest BCUT2D eigenvalue weighted by atomic mass is 16.5. The molecule has 2 aromatic heterocycles. The molecule has 0 unspecified atom stereocenters. The molecule has 1 aliphatic rings. The Bertz CT molecular complexity index is 1250. The van der Waals surface area contributed by atoms with Crippen LogP contribution < -0.4 is 4.74 Å². The van der Waals surface area contributed by atoms with E-state index >= 15 is 0 Å². The summed E-state index contributed by atoms with van der Waals surface area (Å²) >= 11 is 0. The second-order valence-corrected chi connectivity index (χ2v) is 9.42. The van der Waals surface area contributed by atoms with Crippen molar-refractivity contribution in [3.63, 3.8) is 0 Å². The van der Waals surface area contributed by atoms with Crippen LogP contribution in [-0.2, 0) is 0 Å². The van der Waals surface area contributed by atoms with Crippen LogP contribution >= 0.6 is 0 Å². The summed E-state index contributed by atoms with van der Waals surface area (Å²) in [4.78, 5) is 38.3. The molecule has 3 aromatic rings. The zero-order valence-corrected chi connectivity index (χ0v) is 21.3. The van der Waals surface area contributed by atoms with Crippen LogP contribution in [0.1, 0.15) is 45.7 Å². The molecule has 0 radical (unpaired) electrons. The molecule has 37 heavy (non-hydrogen) atoms. The largest absolute Gasteiger partial charge is 0.472 e. The van der Waals surface area contributed by atoms with Crippen molar-refractivity contribution in [3.8, 4) is 5.88 Å². The number of hydrogen-bond donors (Lipinski definition) is 1. The molecule has 3 atom stereocenters. The summed E-state index contributed by atoms with van der Waals surface area (Å²) < 4.78 is 6.30. The normalized spacial score (nSPS) is 18.5. The molecule has 4 rings (SSSR count). The fourth-order valence-electron chi connectivity index (χ4n) is 4.25. The topological polar surface area (TPSA) is 95.9 Å². The van der Waals surface area contributed by atoms with E-state index in [0.717, 1.165) is 11.1 Å². The predicted molar refractivity (Wildman–Crippen MR) is 142 cm³/mol. The van der Waals surface area contributed by atoms with Gasteiger partial charge in [-0.05, 0) is 36.2 Å². The van der Waals surface area contributed by atoms with Gasteiger partial charge in [-0.25, -0.2) is 4.98 Å². The summed E-state index contributed by atoms with van der Waals surface area (Å²) in [6, 6.07) is 14.7. The van der Waals surface area contributed by atoms with Crippen LogP contribution in [0, 0.1) is 5.92 Å². The summed E-state index contributed by atoms with van der Waals surface area (Å²) in [6.45, 7) is 4.27. The molecule has 0 bridgehead atoms. The van der Waals surface area contributed by atoms with Crippen LogP contribution in [0.2, 0.25) is 0 Å². The van der Waals surface area contributed by atoms with E-state index < -0.39 is 6.10 Å². The molecule has 1 aromatic carbocycles. The van der Waals surface area contributed by atoms with Gasteiger partial charge in [0.25, 0.3) is 11.8 Å². The van der Waals surface area contributed by atoms with Gasteiger partial charge in [0.05, 0.1) is 24.8 Å². The molecule has 3 heterocycles. The average Bonchev–Trinajstić information content (AvgIpc) is 2.94. The summed E-state index contributed by atoms with van der Waals surface area (Å²) in [5, 5.41) is 9.87. The Balaban J connectivity index is 1.64. The van der Waals surface area contributed by atoms with Crippen molar-refractivity contribution in [3.05, 3.63) is 89.4 Å². The van der Waals surface area contributed by atoms with Gasteiger partial charge in [-0.2, -0.15) is 0 Å². The number of hydrogen-bond acceptors (Lipinski definition) is 6. The smallest absolute Gasteiger partial charge is 0.259 e. The number of aliphatic hydroxyl groups excluding tert-OH is 1. The lowest BCUT2D eigenvalue weighted by molar-refractivity contribution is 0.0313. The molecule has 1 aliphatic heterocycles. The van der Waals surface area contributed by atoms with Gasteiger partial charge in [0, 0.05) is 38.1 Å². The summed E-state index contributed by atoms with van der Waals surface area (Å²) in [5.41, 5.74) is 2.60. The van der Waals surface area contributed by atoms with E-state index in [0.29, 0.717) is 24.2 Å². The number of nitrogens with zero attached hydrogens (tertiary/aromatic N) is 4. The summed E-state index contributed by atoms with van der Waals surface area (Å²) in [5.74, 6) is -0.327. The van der Waals surface area contributed by atoms with Gasteiger partial charge in [0.2, 0.25) is 5.88 Å². The van der Waals surface area contributed by atoms with Crippen molar-refractivity contribution in [2.45, 2.75) is 26.0 Å². The first kappa shape index (κ1) is 26.0. The maximum Gasteiger partial charge on any atom is 0.259 e. The maximum atomic E-state index is 13.6. The molecule has 8 heteroatoms. The van der Waals surface area contributed by atoms with E-state index in [1.807, 2.05) is 56.3 Å². The third-order valence-electron chi connectivity index (χ3n) is 6.52. The van der Waals surface area contributed by atoms with E-state index in [4.69, 9.17) is 4.74 Å². The zero-order chi connectivity index (χ0) is 26.4. The van der Waals surface area contributed by atoms with Gasteiger partial charge in [0.15, 0.2) is 0 Å². The van der Waals surface area contributed by atoms with Crippen LogP contribution in [0.5, 0.6) is 5.88 Å². The van der Waals surface area contributed by atoms with Crippen LogP contribution in [0.3, 0.4) is 0 Å². The molecule has 0 saturated carbocycles. The van der Waals surface area contributed by atoms with Crippen molar-refractivity contribution in [2.75, 3.05) is 26.7 Å². The minimum Gasteiger partial charge on any atom is -0.472 e. The SMILES string of the molecule is C[C@H](CO)N1C[C@H](C)[C@@H](CN(C)C(=O)c2cccnc2)Oc2ncc(/C=C/c3ccccc3)cc2C1=O. The Hall–Kier alpha value is -4.04. The Morgan fingerprint density at radius 1 is 1.19 bits per heavy atom. The fraction of sp³-hybridized carbons (Fsp3) is 0.310. The van der Waals surface area contributed by atoms with Crippen LogP contribution in [-0.4, -0.2) is 75.6 Å². The third-order valence-corrected chi connectivity index (χ3v) is 6.52. The number of likely N-dealkylation sites (N-methyl/N-ethyl adjacent to an activating group) is 1. The highest BCUT2D eigenvalue weighted by Gasteiger charge is 2.34. The number of carbonyl (C=O) groups excluding carboxylic acids is 2. The highest BCUT2D eigenvalue weighted by Crippen LogP contribution is 2.28. The van der Waals surface area contributed by atoms with Crippen LogP contribution in [0.25, 0.3) is 12.2 Å². The lowest BCUT2D eigenvalue weighted by Gasteiger charge is -2.37. The van der Waals surface area contributed by atoms with E-state index in [1.165, 1.54) is 6.20 Å². The van der Waals surface area contributed by atoms with Gasteiger partial charge < -0.3 is 19.6 Å². The fourth-order valence-corrected chi connectivity index (χ4v) is 4.25. The average molecular weight is 501 g/mol. The minimum absolute atomic E-state index is 0.130. The number of aromatic nitrogens is 2. The molecular weight excluding hydrogens is 468 g/mol. The van der Waals surface area contributed by atoms with E-state index in [1.54, 1.807) is 47.4 Å². The van der Waals surface area contributed by atoms with Gasteiger partial charge in [0.1, 0.15) is 11.7 Å². The highest BCUT2D eigenvalue weighted by molar-refractivity contribution is 5.97. The standard InChI is InChI=1S/C29H32N4O4/c1-20-17-33(21(2)19-34)29(36)25-14-23(12-11-22-8-5-4-6-9-22)15-31-27(25)37-26(20)18-32(3)28(35)24-10-7-13-30-16-24/h4-16,20-21,26,34H,17-19H2,1-3H3/b12-11+/t20-,21+,26+/m0/s1. The Labute approximate surface area is 217 Å². The first-order chi connectivity index (χ1) is 17.9. The number of amides is 2. The Morgan fingerprint density at radius 3 is 2.65 bits per heavy atom. The molecule has 1 N–H and O–H groups in total. The third kappa shape index (κ3) is 6.21. The van der Waals surface area contributed by atoms with Crippen molar-refractivity contribution >= 4 is 24.0 Å². The van der Waals surface area contributed by atoms with Gasteiger partial charge in [-0.1, -0.05) is 49.4 Å². The molecule has 0 fully saturated rings. The van der Waals surface area contributed by atoms with E-state index in [-0.39, 0.29) is 36.3 Å². The molecule has 2 amide bonds. The van der Waals surface area contributed by atoms with Gasteiger partial charge >= 0.3 is 0 Å². The summed E-state index contributed by atoms with van der Waals surface area (Å²) in [7, 11) is 1.72. The predicted octanol–water partition coefficient (Wildman–Crippen LogP) is 3.64. The van der Waals surface area contributed by atoms with Gasteiger partial charge in [-0.3, -0.25) is 14.6 Å². The number of fused-ring (bicyclic) bond motifs is 1. The van der Waals surface area contributed by atoms with E-state index in [9.17, 15) is 14.7 Å². The number of ether oxygens (including phenoxy) is 1. The second kappa shape index (κ2) is 11.8. The van der Waals surface area contributed by atoms with Crippen LogP contribution in [0.4, 0.5) is 0 Å². The Morgan fingerprint density at radius 2 is 1.95 bits per heavy atom. The molecule has 8 nitrogen and oxygen atoms in total.